The summed E-state index contributed by atoms with van der Waals surface area (Å²) in [5, 5.41) is 5.81. The zero-order valence-electron chi connectivity index (χ0n) is 18.7. The van der Waals surface area contributed by atoms with E-state index in [0.717, 1.165) is 6.07 Å². The van der Waals surface area contributed by atoms with E-state index < -0.39 is 23.1 Å². The van der Waals surface area contributed by atoms with Gasteiger partial charge in [-0.15, -0.1) is 0 Å². The van der Waals surface area contributed by atoms with Crippen molar-refractivity contribution in [1.29, 1.82) is 0 Å². The molecule has 3 aromatic rings. The molecule has 2 N–H and O–H groups in total. The molecule has 1 heterocycles. The quantitative estimate of drug-likeness (QED) is 0.393. The minimum atomic E-state index is -0.629. The zero-order chi connectivity index (χ0) is 25.2. The molecular formula is C25H22Cl2F2N2O4. The standard InChI is InChI=1S/C25H22Cl2F2N2O4/c1-2-25(11-15(12-25)30-23(32)13-34-16-4-6-18(27)20(29)10-16)31-24(33)22-8-7-21(35-22)14-3-5-17(26)19(28)9-14/h3-10,15H,2,11-13H2,1H3,(H,30,32)(H,31,33). The molecule has 1 saturated carbocycles. The van der Waals surface area contributed by atoms with Gasteiger partial charge in [-0.05, 0) is 61.7 Å². The molecule has 10 heteroatoms. The number of benzene rings is 2. The monoisotopic (exact) mass is 522 g/mol. The third-order valence-corrected chi connectivity index (χ3v) is 6.60. The Morgan fingerprint density at radius 3 is 2.40 bits per heavy atom. The van der Waals surface area contributed by atoms with Crippen molar-refractivity contribution < 1.29 is 27.5 Å². The van der Waals surface area contributed by atoms with Crippen molar-refractivity contribution in [2.24, 2.45) is 0 Å². The molecule has 1 fully saturated rings. The molecule has 2 amide bonds. The number of halogens is 4. The molecule has 1 aliphatic rings. The van der Waals surface area contributed by atoms with Crippen molar-refractivity contribution >= 4 is 35.0 Å². The van der Waals surface area contributed by atoms with E-state index in [1.807, 2.05) is 6.92 Å². The van der Waals surface area contributed by atoms with Gasteiger partial charge in [0.2, 0.25) is 0 Å². The van der Waals surface area contributed by atoms with Crippen molar-refractivity contribution in [3.05, 3.63) is 76.0 Å². The normalized spacial score (nSPS) is 19.1. The predicted molar refractivity (Wildman–Crippen MR) is 128 cm³/mol. The van der Waals surface area contributed by atoms with Crippen LogP contribution in [0.4, 0.5) is 8.78 Å². The number of carbonyl (C=O) groups is 2. The van der Waals surface area contributed by atoms with Gasteiger partial charge < -0.3 is 19.8 Å². The van der Waals surface area contributed by atoms with Crippen LogP contribution in [0.3, 0.4) is 0 Å². The first-order valence-electron chi connectivity index (χ1n) is 10.9. The smallest absolute Gasteiger partial charge is 0.287 e. The maximum atomic E-state index is 13.7. The van der Waals surface area contributed by atoms with Gasteiger partial charge in [0.15, 0.2) is 12.4 Å². The molecule has 184 valence electrons. The van der Waals surface area contributed by atoms with E-state index in [4.69, 9.17) is 32.4 Å². The van der Waals surface area contributed by atoms with E-state index in [2.05, 4.69) is 10.6 Å². The fraction of sp³-hybridized carbons (Fsp3) is 0.280. The average Bonchev–Trinajstić information content (AvgIpc) is 3.30. The summed E-state index contributed by atoms with van der Waals surface area (Å²) < 4.78 is 38.1. The van der Waals surface area contributed by atoms with Crippen LogP contribution in [0.5, 0.6) is 5.75 Å². The van der Waals surface area contributed by atoms with Crippen molar-refractivity contribution in [3.8, 4) is 17.1 Å². The Bertz CT molecular complexity index is 1260. The number of carbonyl (C=O) groups excluding carboxylic acids is 2. The summed E-state index contributed by atoms with van der Waals surface area (Å²) in [5.74, 6) is -1.32. The molecule has 0 saturated heterocycles. The largest absolute Gasteiger partial charge is 0.484 e. The van der Waals surface area contributed by atoms with Gasteiger partial charge in [-0.1, -0.05) is 30.1 Å². The van der Waals surface area contributed by atoms with Gasteiger partial charge in [-0.3, -0.25) is 9.59 Å². The molecule has 35 heavy (non-hydrogen) atoms. The Hall–Kier alpha value is -3.10. The highest BCUT2D eigenvalue weighted by Crippen LogP contribution is 2.36. The van der Waals surface area contributed by atoms with Crippen LogP contribution in [-0.2, 0) is 4.79 Å². The first-order valence-corrected chi connectivity index (χ1v) is 11.7. The van der Waals surface area contributed by atoms with Crippen LogP contribution in [0.2, 0.25) is 10.0 Å². The minimum absolute atomic E-state index is 0.000211. The molecule has 0 aliphatic heterocycles. The fourth-order valence-electron chi connectivity index (χ4n) is 4.02. The van der Waals surface area contributed by atoms with Crippen LogP contribution >= 0.6 is 23.2 Å². The summed E-state index contributed by atoms with van der Waals surface area (Å²) in [4.78, 5) is 25.0. The highest BCUT2D eigenvalue weighted by atomic mass is 35.5. The third kappa shape index (κ3) is 5.77. The lowest BCUT2D eigenvalue weighted by Gasteiger charge is -2.47. The van der Waals surface area contributed by atoms with Crippen molar-refractivity contribution in [1.82, 2.24) is 10.6 Å². The van der Waals surface area contributed by atoms with Gasteiger partial charge in [0, 0.05) is 23.2 Å². The number of furan rings is 1. The van der Waals surface area contributed by atoms with Gasteiger partial charge in [-0.2, -0.15) is 0 Å². The molecule has 0 spiro atoms. The van der Waals surface area contributed by atoms with Crippen molar-refractivity contribution in [2.75, 3.05) is 6.61 Å². The van der Waals surface area contributed by atoms with Gasteiger partial charge >= 0.3 is 0 Å². The van der Waals surface area contributed by atoms with Crippen molar-refractivity contribution in [3.63, 3.8) is 0 Å². The minimum Gasteiger partial charge on any atom is -0.484 e. The average molecular weight is 523 g/mol. The maximum absolute atomic E-state index is 13.7. The van der Waals surface area contributed by atoms with E-state index in [1.165, 1.54) is 30.3 Å². The Morgan fingerprint density at radius 2 is 1.74 bits per heavy atom. The van der Waals surface area contributed by atoms with Crippen LogP contribution < -0.4 is 15.4 Å². The predicted octanol–water partition coefficient (Wildman–Crippen LogP) is 5.77. The molecule has 1 aromatic heterocycles. The summed E-state index contributed by atoms with van der Waals surface area (Å²) in [5.41, 5.74) is -0.0275. The lowest BCUT2D eigenvalue weighted by Crippen LogP contribution is -2.63. The molecule has 0 atom stereocenters. The zero-order valence-corrected chi connectivity index (χ0v) is 20.2. The lowest BCUT2D eigenvalue weighted by molar-refractivity contribution is -0.124. The Balaban J connectivity index is 1.28. The van der Waals surface area contributed by atoms with E-state index in [-0.39, 0.29) is 40.1 Å². The fourth-order valence-corrected chi connectivity index (χ4v) is 4.25. The van der Waals surface area contributed by atoms with E-state index in [0.29, 0.717) is 30.6 Å². The van der Waals surface area contributed by atoms with Gasteiger partial charge in [0.1, 0.15) is 23.1 Å². The van der Waals surface area contributed by atoms with E-state index in [9.17, 15) is 18.4 Å². The second-order valence-electron chi connectivity index (χ2n) is 8.42. The lowest BCUT2D eigenvalue weighted by atomic mass is 9.70. The number of amides is 2. The summed E-state index contributed by atoms with van der Waals surface area (Å²) in [6, 6.07) is 11.2. The molecule has 0 bridgehead atoms. The molecule has 6 nitrogen and oxygen atoms in total. The Morgan fingerprint density at radius 1 is 1.06 bits per heavy atom. The van der Waals surface area contributed by atoms with Gasteiger partial charge in [0.05, 0.1) is 10.0 Å². The highest BCUT2D eigenvalue weighted by Gasteiger charge is 2.45. The number of hydrogen-bond acceptors (Lipinski definition) is 4. The number of rotatable bonds is 8. The molecule has 1 aliphatic carbocycles. The van der Waals surface area contributed by atoms with E-state index in [1.54, 1.807) is 12.1 Å². The SMILES string of the molecule is CCC1(NC(=O)c2ccc(-c3ccc(Cl)c(F)c3)o2)CC(NC(=O)COc2ccc(Cl)c(F)c2)C1. The molecule has 0 unspecified atom stereocenters. The second kappa shape index (κ2) is 10.3. The molecule has 2 aromatic carbocycles. The molecule has 0 radical (unpaired) electrons. The van der Waals surface area contributed by atoms with Crippen LogP contribution in [0.15, 0.2) is 52.9 Å². The summed E-state index contributed by atoms with van der Waals surface area (Å²) in [6.07, 6.45) is 1.72. The Kier molecular flexibility index (Phi) is 7.33. The summed E-state index contributed by atoms with van der Waals surface area (Å²) in [6.45, 7) is 1.67. The maximum Gasteiger partial charge on any atom is 0.287 e. The first-order chi connectivity index (χ1) is 16.7. The molecular weight excluding hydrogens is 501 g/mol. The molecule has 4 rings (SSSR count). The van der Waals surface area contributed by atoms with Crippen molar-refractivity contribution in [2.45, 2.75) is 37.8 Å². The third-order valence-electron chi connectivity index (χ3n) is 5.99. The van der Waals surface area contributed by atoms with Crippen LogP contribution in [0, 0.1) is 11.6 Å². The number of hydrogen-bond donors (Lipinski definition) is 2. The van der Waals surface area contributed by atoms with E-state index >= 15 is 0 Å². The first kappa shape index (κ1) is 25.0. The highest BCUT2D eigenvalue weighted by molar-refractivity contribution is 6.31. The Labute approximate surface area is 210 Å². The number of ether oxygens (including phenoxy) is 1. The second-order valence-corrected chi connectivity index (χ2v) is 9.23. The topological polar surface area (TPSA) is 80.6 Å². The van der Waals surface area contributed by atoms with Crippen LogP contribution in [-0.4, -0.2) is 30.0 Å². The number of nitrogens with one attached hydrogen (secondary N) is 2. The van der Waals surface area contributed by atoms with Gasteiger partial charge in [-0.25, -0.2) is 8.78 Å². The summed E-state index contributed by atoms with van der Waals surface area (Å²) in [7, 11) is 0. The van der Waals surface area contributed by atoms with Gasteiger partial charge in [0.25, 0.3) is 11.8 Å². The van der Waals surface area contributed by atoms with Crippen LogP contribution in [0.25, 0.3) is 11.3 Å². The summed E-state index contributed by atoms with van der Waals surface area (Å²) >= 11 is 11.3. The van der Waals surface area contributed by atoms with Crippen LogP contribution in [0.1, 0.15) is 36.7 Å².